The Hall–Kier alpha value is -4.81. The molecule has 240 valence electrons. The summed E-state index contributed by atoms with van der Waals surface area (Å²) in [5.74, 6) is -1.75. The van der Waals surface area contributed by atoms with E-state index in [2.05, 4.69) is 32.9 Å². The zero-order valence-electron chi connectivity index (χ0n) is 25.4. The zero-order valence-corrected chi connectivity index (χ0v) is 25.4. The van der Waals surface area contributed by atoms with E-state index in [1.165, 1.54) is 12.1 Å². The topological polar surface area (TPSA) is 236 Å². The lowest BCUT2D eigenvalue weighted by molar-refractivity contribution is -0.132. The second kappa shape index (κ2) is 19.4. The number of rotatable bonds is 19. The lowest BCUT2D eigenvalue weighted by Gasteiger charge is -2.24. The predicted molar refractivity (Wildman–Crippen MR) is 172 cm³/mol. The highest BCUT2D eigenvalue weighted by atomic mass is 16.3. The fourth-order valence-electron chi connectivity index (χ4n) is 4.49. The Balaban J connectivity index is 2.24. The summed E-state index contributed by atoms with van der Waals surface area (Å²) in [5, 5.41) is 18.1. The standard InChI is InChI=1S/C31H47N9O4/c1-2-3-4-8-17-36-27(42)25(19-21-10-6-5-7-11-21)39-28(43)24(12-9-18-37-30(32)33)38-29(44)26(40-31(34)35)20-22-13-15-23(41)16-14-22/h5-7,10-11,13-16,24-26,41H,2-4,8-9,12,17-20H2,1H3,(H,36,42)(H,38,44)(H,39,43)(H4,32,33,37)(H4,34,35,40)/t24-,25+,26+/m1/s1. The number of phenolic OH excluding ortho intramolecular Hbond substituents is 1. The molecule has 3 amide bonds. The largest absolute Gasteiger partial charge is 0.508 e. The molecule has 0 saturated carbocycles. The number of nitrogens with zero attached hydrogens (tertiary/aromatic N) is 2. The SMILES string of the molecule is CCCCCCNC(=O)[C@H](Cc1ccccc1)NC(=O)[C@@H](CCCN=C(N)N)NC(=O)[C@H](Cc1ccc(O)cc1)N=C(N)N. The molecule has 0 aliphatic rings. The molecule has 0 spiro atoms. The van der Waals surface area contributed by atoms with Crippen LogP contribution >= 0.6 is 0 Å². The number of nitrogens with two attached hydrogens (primary N) is 4. The Bertz CT molecular complexity index is 1230. The van der Waals surface area contributed by atoms with Gasteiger partial charge in [0.25, 0.3) is 0 Å². The van der Waals surface area contributed by atoms with E-state index in [-0.39, 0.29) is 49.4 Å². The first-order valence-electron chi connectivity index (χ1n) is 14.9. The third-order valence-corrected chi connectivity index (χ3v) is 6.80. The minimum Gasteiger partial charge on any atom is -0.508 e. The minimum absolute atomic E-state index is 0.0733. The normalized spacial score (nSPS) is 12.7. The molecule has 3 atom stereocenters. The van der Waals surface area contributed by atoms with Gasteiger partial charge in [0.15, 0.2) is 11.9 Å². The molecule has 44 heavy (non-hydrogen) atoms. The Kier molecular flexibility index (Phi) is 15.6. The molecule has 0 aliphatic heterocycles. The number of aromatic hydroxyl groups is 1. The molecule has 12 N–H and O–H groups in total. The molecule has 0 bridgehead atoms. The number of aliphatic imine (C=N–C) groups is 2. The van der Waals surface area contributed by atoms with Gasteiger partial charge in [-0.1, -0.05) is 68.7 Å². The third kappa shape index (κ3) is 13.9. The van der Waals surface area contributed by atoms with Crippen LogP contribution < -0.4 is 38.9 Å². The van der Waals surface area contributed by atoms with Gasteiger partial charge in [0.2, 0.25) is 17.7 Å². The Morgan fingerprint density at radius 1 is 0.750 bits per heavy atom. The van der Waals surface area contributed by atoms with E-state index in [1.807, 2.05) is 30.3 Å². The monoisotopic (exact) mass is 609 g/mol. The second-order valence-electron chi connectivity index (χ2n) is 10.6. The van der Waals surface area contributed by atoms with Crippen LogP contribution in [0.2, 0.25) is 0 Å². The van der Waals surface area contributed by atoms with E-state index in [4.69, 9.17) is 22.9 Å². The number of guanidine groups is 2. The average molecular weight is 610 g/mol. The molecule has 13 heteroatoms. The Morgan fingerprint density at radius 3 is 2.05 bits per heavy atom. The number of unbranched alkanes of at least 4 members (excludes halogenated alkanes) is 3. The molecule has 0 aromatic heterocycles. The first-order chi connectivity index (χ1) is 21.1. The summed E-state index contributed by atoms with van der Waals surface area (Å²) in [5.41, 5.74) is 23.7. The van der Waals surface area contributed by atoms with Gasteiger partial charge in [0.1, 0.15) is 23.9 Å². The van der Waals surface area contributed by atoms with Crippen LogP contribution in [0, 0.1) is 0 Å². The van der Waals surface area contributed by atoms with Crippen LogP contribution in [0.1, 0.15) is 56.6 Å². The maximum atomic E-state index is 13.7. The summed E-state index contributed by atoms with van der Waals surface area (Å²) < 4.78 is 0. The number of amides is 3. The first kappa shape index (κ1) is 35.4. The lowest BCUT2D eigenvalue weighted by Crippen LogP contribution is -2.55. The quantitative estimate of drug-likeness (QED) is 0.0634. The Labute approximate surface area is 259 Å². The van der Waals surface area contributed by atoms with Crippen molar-refractivity contribution >= 4 is 29.6 Å². The highest BCUT2D eigenvalue weighted by Gasteiger charge is 2.29. The number of hydrogen-bond acceptors (Lipinski definition) is 6. The van der Waals surface area contributed by atoms with Crippen molar-refractivity contribution < 1.29 is 19.5 Å². The van der Waals surface area contributed by atoms with Crippen molar-refractivity contribution in [2.45, 2.75) is 76.4 Å². The van der Waals surface area contributed by atoms with Gasteiger partial charge in [0.05, 0.1) is 0 Å². The van der Waals surface area contributed by atoms with Gasteiger partial charge < -0.3 is 44.0 Å². The van der Waals surface area contributed by atoms with Crippen molar-refractivity contribution in [2.75, 3.05) is 13.1 Å². The first-order valence-corrected chi connectivity index (χ1v) is 14.9. The number of benzene rings is 2. The van der Waals surface area contributed by atoms with Crippen LogP contribution in [0.15, 0.2) is 64.6 Å². The fraction of sp³-hybridized carbons (Fsp3) is 0.452. The average Bonchev–Trinajstić information content (AvgIpc) is 2.99. The summed E-state index contributed by atoms with van der Waals surface area (Å²) in [6, 6.07) is 12.7. The van der Waals surface area contributed by atoms with Crippen LogP contribution in [-0.2, 0) is 27.2 Å². The third-order valence-electron chi connectivity index (χ3n) is 6.80. The van der Waals surface area contributed by atoms with Gasteiger partial charge in [-0.3, -0.25) is 19.4 Å². The lowest BCUT2D eigenvalue weighted by atomic mass is 10.0. The van der Waals surface area contributed by atoms with Gasteiger partial charge >= 0.3 is 0 Å². The predicted octanol–water partition coefficient (Wildman–Crippen LogP) is 0.539. The van der Waals surface area contributed by atoms with Crippen LogP contribution in [0.25, 0.3) is 0 Å². The molecule has 2 aromatic rings. The van der Waals surface area contributed by atoms with E-state index >= 15 is 0 Å². The number of hydrogen-bond donors (Lipinski definition) is 8. The van der Waals surface area contributed by atoms with Gasteiger partial charge in [-0.05, 0) is 42.5 Å². The van der Waals surface area contributed by atoms with Gasteiger partial charge in [0, 0.05) is 25.9 Å². The minimum atomic E-state index is -1.05. The number of carbonyl (C=O) groups excluding carboxylic acids is 3. The highest BCUT2D eigenvalue weighted by Crippen LogP contribution is 2.13. The summed E-state index contributed by atoms with van der Waals surface area (Å²) in [7, 11) is 0. The van der Waals surface area contributed by atoms with Crippen molar-refractivity contribution in [2.24, 2.45) is 32.9 Å². The number of phenols is 1. The molecule has 0 heterocycles. The summed E-state index contributed by atoms with van der Waals surface area (Å²) in [6.45, 7) is 2.85. The molecular formula is C31H47N9O4. The molecule has 0 unspecified atom stereocenters. The van der Waals surface area contributed by atoms with Gasteiger partial charge in [-0.15, -0.1) is 0 Å². The van der Waals surface area contributed by atoms with Crippen molar-refractivity contribution in [3.8, 4) is 5.75 Å². The second-order valence-corrected chi connectivity index (χ2v) is 10.6. The summed E-state index contributed by atoms with van der Waals surface area (Å²) in [6.07, 6.45) is 4.92. The zero-order chi connectivity index (χ0) is 32.3. The van der Waals surface area contributed by atoms with Gasteiger partial charge in [-0.25, -0.2) is 4.99 Å². The highest BCUT2D eigenvalue weighted by molar-refractivity contribution is 5.94. The van der Waals surface area contributed by atoms with Crippen molar-refractivity contribution in [1.29, 1.82) is 0 Å². The molecule has 13 nitrogen and oxygen atoms in total. The van der Waals surface area contributed by atoms with E-state index < -0.39 is 29.9 Å². The van der Waals surface area contributed by atoms with Crippen molar-refractivity contribution in [3.63, 3.8) is 0 Å². The van der Waals surface area contributed by atoms with Crippen LogP contribution in [0.5, 0.6) is 5.75 Å². The number of nitrogens with one attached hydrogen (secondary N) is 3. The van der Waals surface area contributed by atoms with Crippen LogP contribution in [0.4, 0.5) is 0 Å². The smallest absolute Gasteiger partial charge is 0.245 e. The molecule has 0 fully saturated rings. The molecule has 0 aliphatic carbocycles. The summed E-state index contributed by atoms with van der Waals surface area (Å²) >= 11 is 0. The molecule has 0 radical (unpaired) electrons. The number of carbonyl (C=O) groups is 3. The Morgan fingerprint density at radius 2 is 1.41 bits per heavy atom. The fourth-order valence-corrected chi connectivity index (χ4v) is 4.49. The summed E-state index contributed by atoms with van der Waals surface area (Å²) in [4.78, 5) is 48.4. The van der Waals surface area contributed by atoms with Crippen LogP contribution in [0.3, 0.4) is 0 Å². The van der Waals surface area contributed by atoms with Crippen molar-refractivity contribution in [3.05, 3.63) is 65.7 Å². The van der Waals surface area contributed by atoms with E-state index in [0.717, 1.165) is 31.2 Å². The molecule has 0 saturated heterocycles. The molecule has 2 rings (SSSR count). The maximum Gasteiger partial charge on any atom is 0.245 e. The van der Waals surface area contributed by atoms with E-state index in [0.29, 0.717) is 18.5 Å². The maximum absolute atomic E-state index is 13.7. The van der Waals surface area contributed by atoms with E-state index in [1.54, 1.807) is 12.1 Å². The molecular weight excluding hydrogens is 562 g/mol. The molecule has 2 aromatic carbocycles. The van der Waals surface area contributed by atoms with Crippen LogP contribution in [-0.4, -0.2) is 66.0 Å². The van der Waals surface area contributed by atoms with E-state index in [9.17, 15) is 19.5 Å². The van der Waals surface area contributed by atoms with Gasteiger partial charge in [-0.2, -0.15) is 0 Å². The van der Waals surface area contributed by atoms with Crippen molar-refractivity contribution in [1.82, 2.24) is 16.0 Å².